The predicted molar refractivity (Wildman–Crippen MR) is 118 cm³/mol. The van der Waals surface area contributed by atoms with Crippen LogP contribution in [0.1, 0.15) is 15.4 Å². The number of ketones is 1. The first-order valence-electron chi connectivity index (χ1n) is 8.31. The van der Waals surface area contributed by atoms with Gasteiger partial charge in [0, 0.05) is 40.9 Å². The van der Waals surface area contributed by atoms with Crippen molar-refractivity contribution in [1.82, 2.24) is 30.1 Å². The molecule has 0 spiro atoms. The molecule has 0 aromatic carbocycles. The number of nitrogens with one attached hydrogen (secondary N) is 1. The van der Waals surface area contributed by atoms with E-state index in [4.69, 9.17) is 11.6 Å². The molecule has 5 N–H and O–H groups in total. The molecule has 0 aliphatic carbocycles. The highest BCUT2D eigenvalue weighted by Gasteiger charge is 2.15. The normalized spacial score (nSPS) is 9.97. The third-order valence-corrected chi connectivity index (χ3v) is 5.47. The maximum absolute atomic E-state index is 11.8. The van der Waals surface area contributed by atoms with Crippen molar-refractivity contribution < 1.29 is 4.79 Å². The average molecular weight is 459 g/mol. The Morgan fingerprint density at radius 1 is 0.933 bits per heavy atom. The molecule has 5 heterocycles. The van der Waals surface area contributed by atoms with Gasteiger partial charge in [-0.2, -0.15) is 5.10 Å². The van der Waals surface area contributed by atoms with Crippen LogP contribution < -0.4 is 11.7 Å². The zero-order valence-electron chi connectivity index (χ0n) is 15.3. The van der Waals surface area contributed by atoms with Crippen LogP contribution >= 0.6 is 34.3 Å². The van der Waals surface area contributed by atoms with Gasteiger partial charge in [0.25, 0.3) is 0 Å². The monoisotopic (exact) mass is 458 g/mol. The molecular weight excluding hydrogens is 444 g/mol. The van der Waals surface area contributed by atoms with Gasteiger partial charge < -0.3 is 0 Å². The molecule has 0 bridgehead atoms. The minimum absolute atomic E-state index is 0.182. The number of aromatic amines is 1. The minimum Gasteiger partial charge on any atom is -0.286 e. The number of hydrogen-bond acceptors (Lipinski definition) is 10. The van der Waals surface area contributed by atoms with Crippen LogP contribution in [0.3, 0.4) is 0 Å². The SMILES string of the molecule is NN.O=C(c1nccs1)c1cccnc1Cl.c1cnc2n[nH]c(-c3nccs3)c2c1. The quantitative estimate of drug-likeness (QED) is 0.161. The van der Waals surface area contributed by atoms with Crippen molar-refractivity contribution in [1.29, 1.82) is 0 Å². The molecule has 0 saturated carbocycles. The molecule has 0 aliphatic heterocycles. The second kappa shape index (κ2) is 10.6. The van der Waals surface area contributed by atoms with Crippen LogP contribution in [-0.4, -0.2) is 35.9 Å². The zero-order valence-corrected chi connectivity index (χ0v) is 17.7. The van der Waals surface area contributed by atoms with Gasteiger partial charge >= 0.3 is 0 Å². The van der Waals surface area contributed by atoms with E-state index in [1.165, 1.54) is 11.3 Å². The van der Waals surface area contributed by atoms with Gasteiger partial charge in [-0.25, -0.2) is 19.9 Å². The van der Waals surface area contributed by atoms with Crippen LogP contribution in [0.15, 0.2) is 59.8 Å². The van der Waals surface area contributed by atoms with E-state index >= 15 is 0 Å². The highest BCUT2D eigenvalue weighted by atomic mass is 35.5. The molecule has 5 aromatic heterocycles. The molecule has 0 radical (unpaired) electrons. The number of rotatable bonds is 3. The number of carbonyl (C=O) groups excluding carboxylic acids is 1. The Hall–Kier alpha value is -3.09. The predicted octanol–water partition coefficient (Wildman–Crippen LogP) is 3.32. The van der Waals surface area contributed by atoms with E-state index in [0.29, 0.717) is 10.6 Å². The largest absolute Gasteiger partial charge is 0.286 e. The molecule has 0 saturated heterocycles. The number of thiazole rings is 2. The van der Waals surface area contributed by atoms with Gasteiger partial charge in [-0.15, -0.1) is 22.7 Å². The van der Waals surface area contributed by atoms with Crippen LogP contribution in [0.5, 0.6) is 0 Å². The van der Waals surface area contributed by atoms with Crippen LogP contribution in [0, 0.1) is 0 Å². The lowest BCUT2D eigenvalue weighted by Gasteiger charge is -1.97. The molecule has 0 fully saturated rings. The lowest BCUT2D eigenvalue weighted by atomic mass is 10.2. The van der Waals surface area contributed by atoms with Crippen molar-refractivity contribution in [3.05, 3.63) is 75.5 Å². The van der Waals surface area contributed by atoms with Gasteiger partial charge in [-0.05, 0) is 24.3 Å². The third-order valence-electron chi connectivity index (χ3n) is 3.61. The Kier molecular flexibility index (Phi) is 7.65. The van der Waals surface area contributed by atoms with Gasteiger partial charge in [-0.1, -0.05) is 11.6 Å². The number of hydrazine groups is 1. The standard InChI is InChI=1S/C9H5ClN2OS.C9H6N4S.H4N2/c10-8-6(2-1-3-11-8)7(13)9-12-4-5-14-9;1-2-6-7(9-11-4-5-14-9)12-13-8(6)10-3-1;1-2/h1-5H;1-5H,(H,10,12,13);1-2H2. The summed E-state index contributed by atoms with van der Waals surface area (Å²) in [6.07, 6.45) is 6.64. The molecule has 12 heteroatoms. The van der Waals surface area contributed by atoms with E-state index in [2.05, 4.69) is 41.8 Å². The van der Waals surface area contributed by atoms with Crippen LogP contribution in [0.4, 0.5) is 0 Å². The minimum atomic E-state index is -0.182. The molecule has 0 amide bonds. The van der Waals surface area contributed by atoms with E-state index in [0.717, 1.165) is 21.7 Å². The molecule has 0 unspecified atom stereocenters. The highest BCUT2D eigenvalue weighted by Crippen LogP contribution is 2.26. The number of nitrogens with zero attached hydrogens (tertiary/aromatic N) is 5. The van der Waals surface area contributed by atoms with E-state index in [-0.39, 0.29) is 10.9 Å². The first-order valence-corrected chi connectivity index (χ1v) is 10.4. The Bertz CT molecular complexity index is 1210. The molecular formula is C18H15ClN8OS2. The van der Waals surface area contributed by atoms with E-state index in [9.17, 15) is 4.79 Å². The van der Waals surface area contributed by atoms with E-state index in [1.807, 2.05) is 17.5 Å². The fraction of sp³-hybridized carbons (Fsp3) is 0. The molecule has 0 aliphatic rings. The molecule has 30 heavy (non-hydrogen) atoms. The van der Waals surface area contributed by atoms with Gasteiger partial charge in [0.15, 0.2) is 10.7 Å². The van der Waals surface area contributed by atoms with E-state index < -0.39 is 0 Å². The lowest BCUT2D eigenvalue weighted by molar-refractivity contribution is 0.103. The number of carbonyl (C=O) groups is 1. The molecule has 5 aromatic rings. The zero-order chi connectivity index (χ0) is 21.3. The smallest absolute Gasteiger partial charge is 0.224 e. The maximum Gasteiger partial charge on any atom is 0.224 e. The fourth-order valence-corrected chi connectivity index (χ4v) is 3.81. The lowest BCUT2D eigenvalue weighted by Crippen LogP contribution is -2.02. The number of hydrogen-bond donors (Lipinski definition) is 3. The Balaban J connectivity index is 0.000000158. The van der Waals surface area contributed by atoms with Crippen molar-refractivity contribution >= 4 is 51.1 Å². The summed E-state index contributed by atoms with van der Waals surface area (Å²) in [7, 11) is 0. The van der Waals surface area contributed by atoms with Crippen molar-refractivity contribution in [2.75, 3.05) is 0 Å². The summed E-state index contributed by atoms with van der Waals surface area (Å²) in [4.78, 5) is 27.9. The van der Waals surface area contributed by atoms with Gasteiger partial charge in [-0.3, -0.25) is 21.6 Å². The topological polar surface area (TPSA) is 149 Å². The van der Waals surface area contributed by atoms with Gasteiger partial charge in [0.2, 0.25) is 5.78 Å². The molecule has 0 atom stereocenters. The number of H-pyrrole nitrogens is 1. The summed E-state index contributed by atoms with van der Waals surface area (Å²) in [5, 5.41) is 13.4. The van der Waals surface area contributed by atoms with Crippen molar-refractivity contribution in [2.24, 2.45) is 11.7 Å². The van der Waals surface area contributed by atoms with Crippen molar-refractivity contribution in [3.8, 4) is 10.7 Å². The van der Waals surface area contributed by atoms with E-state index in [1.54, 1.807) is 53.6 Å². The molecule has 5 rings (SSSR count). The summed E-state index contributed by atoms with van der Waals surface area (Å²) in [6, 6.07) is 7.20. The second-order valence-corrected chi connectivity index (χ2v) is 7.47. The number of halogens is 1. The maximum atomic E-state index is 11.8. The van der Waals surface area contributed by atoms with Crippen LogP contribution in [0.25, 0.3) is 21.7 Å². The Labute approximate surface area is 183 Å². The summed E-state index contributed by atoms with van der Waals surface area (Å²) >= 11 is 8.65. The Morgan fingerprint density at radius 2 is 1.67 bits per heavy atom. The first-order chi connectivity index (χ1) is 14.7. The van der Waals surface area contributed by atoms with Gasteiger partial charge in [0.1, 0.15) is 15.9 Å². The van der Waals surface area contributed by atoms with Crippen LogP contribution in [0.2, 0.25) is 5.15 Å². The van der Waals surface area contributed by atoms with Crippen molar-refractivity contribution in [3.63, 3.8) is 0 Å². The number of pyridine rings is 2. The summed E-state index contributed by atoms with van der Waals surface area (Å²) < 4.78 is 0. The summed E-state index contributed by atoms with van der Waals surface area (Å²) in [5.74, 6) is 7.82. The fourth-order valence-electron chi connectivity index (χ4n) is 2.37. The second-order valence-electron chi connectivity index (χ2n) is 5.32. The molecule has 9 nitrogen and oxygen atoms in total. The third kappa shape index (κ3) is 4.90. The first kappa shape index (κ1) is 21.6. The number of fused-ring (bicyclic) bond motifs is 1. The number of nitrogens with two attached hydrogens (primary N) is 2. The van der Waals surface area contributed by atoms with Crippen molar-refractivity contribution in [2.45, 2.75) is 0 Å². The summed E-state index contributed by atoms with van der Waals surface area (Å²) in [5.41, 5.74) is 2.07. The van der Waals surface area contributed by atoms with Crippen LogP contribution in [-0.2, 0) is 0 Å². The molecule has 152 valence electrons. The highest BCUT2D eigenvalue weighted by molar-refractivity contribution is 7.13. The van der Waals surface area contributed by atoms with Gasteiger partial charge in [0.05, 0.1) is 5.56 Å². The number of aromatic nitrogens is 6. The summed E-state index contributed by atoms with van der Waals surface area (Å²) in [6.45, 7) is 0. The Morgan fingerprint density at radius 3 is 2.37 bits per heavy atom. The average Bonchev–Trinajstić information content (AvgIpc) is 3.57.